The topological polar surface area (TPSA) is 28.2 Å². The van der Waals surface area contributed by atoms with E-state index in [2.05, 4.69) is 74.7 Å². The van der Waals surface area contributed by atoms with E-state index in [0.717, 1.165) is 24.5 Å². The van der Waals surface area contributed by atoms with Crippen LogP contribution in [0, 0.1) is 27.7 Å². The molecule has 124 valence electrons. The Morgan fingerprint density at radius 3 is 1.22 bits per heavy atom. The van der Waals surface area contributed by atoms with Crippen LogP contribution in [0.1, 0.15) is 22.3 Å². The second-order valence-corrected chi connectivity index (χ2v) is 7.89. The van der Waals surface area contributed by atoms with Crippen LogP contribution in [0.15, 0.2) is 36.4 Å². The van der Waals surface area contributed by atoms with Gasteiger partial charge in [0.05, 0.1) is 0 Å². The summed E-state index contributed by atoms with van der Waals surface area (Å²) in [7, 11) is 9.78. The van der Waals surface area contributed by atoms with Gasteiger partial charge in [0.1, 0.15) is 0 Å². The zero-order valence-corrected chi connectivity index (χ0v) is 17.1. The molecule has 0 saturated heterocycles. The Labute approximate surface area is 156 Å². The maximum atomic E-state index is 4.89. The molecule has 0 unspecified atom stereocenters. The Hall–Kier alpha value is -0.666. The summed E-state index contributed by atoms with van der Waals surface area (Å²) in [6.07, 6.45) is 0. The summed E-state index contributed by atoms with van der Waals surface area (Å²) in [4.78, 5) is 0. The van der Waals surface area contributed by atoms with Crippen LogP contribution in [0.4, 0.5) is 11.4 Å². The van der Waals surface area contributed by atoms with Crippen LogP contribution in [0.3, 0.4) is 0 Å². The van der Waals surface area contributed by atoms with Gasteiger partial charge in [-0.15, -0.1) is 24.5 Å². The van der Waals surface area contributed by atoms with Crippen molar-refractivity contribution in [3.63, 3.8) is 0 Å². The van der Waals surface area contributed by atoms with Crippen LogP contribution < -0.4 is 0 Å². The van der Waals surface area contributed by atoms with Crippen molar-refractivity contribution in [2.75, 3.05) is 13.1 Å². The predicted molar refractivity (Wildman–Crippen MR) is 99.3 cm³/mol. The van der Waals surface area contributed by atoms with Crippen molar-refractivity contribution in [3.05, 3.63) is 69.3 Å². The molecule has 0 N–H and O–H groups in total. The van der Waals surface area contributed by atoms with Crippen LogP contribution in [0.25, 0.3) is 10.6 Å². The summed E-state index contributed by atoms with van der Waals surface area (Å²) in [5.41, 5.74) is 7.16. The first-order valence-corrected chi connectivity index (χ1v) is 11.7. The van der Waals surface area contributed by atoms with Gasteiger partial charge >= 0.3 is 35.6 Å². The quantitative estimate of drug-likeness (QED) is 0.391. The Bertz CT molecular complexity index is 524. The molecule has 0 fully saturated rings. The Balaban J connectivity index is 0.000000816. The molecule has 0 aliphatic rings. The molecule has 0 saturated carbocycles. The van der Waals surface area contributed by atoms with Gasteiger partial charge in [0.15, 0.2) is 0 Å². The number of aryl methyl sites for hydroxylation is 4. The Morgan fingerprint density at radius 2 is 0.957 bits per heavy atom. The summed E-state index contributed by atoms with van der Waals surface area (Å²) in [5, 5.41) is 9.37. The second-order valence-electron chi connectivity index (χ2n) is 5.32. The third-order valence-corrected chi connectivity index (χ3v) is 3.52. The fourth-order valence-electron chi connectivity index (χ4n) is 2.43. The molecule has 0 spiro atoms. The minimum absolute atomic E-state index is 0.556. The van der Waals surface area contributed by atoms with Crippen LogP contribution in [-0.4, -0.2) is 13.1 Å². The van der Waals surface area contributed by atoms with E-state index in [-0.39, 0.29) is 0 Å². The maximum absolute atomic E-state index is 4.89. The second kappa shape index (κ2) is 11.0. The molecule has 23 heavy (non-hydrogen) atoms. The normalized spacial score (nSPS) is 9.65. The Morgan fingerprint density at radius 1 is 0.696 bits per heavy atom. The van der Waals surface area contributed by atoms with Gasteiger partial charge in [-0.05, 0) is 27.7 Å². The van der Waals surface area contributed by atoms with E-state index in [1.54, 1.807) is 0 Å². The standard InChI is InChI=1S/C18H22N2.2ClH.Ti/c1-13-7-5-8-14(2)17(13)19-11-12-20-18-15(3)9-6-10-16(18)4;;;/h5-10H,11-12H2,1-4H3;2*1H;/q-2;;;+2/p-2. The molecular weight excluding hydrogens is 363 g/mol. The van der Waals surface area contributed by atoms with Gasteiger partial charge in [-0.2, -0.15) is 0 Å². The summed E-state index contributed by atoms with van der Waals surface area (Å²) >= 11 is -0.556. The van der Waals surface area contributed by atoms with Crippen molar-refractivity contribution in [2.45, 2.75) is 27.7 Å². The van der Waals surface area contributed by atoms with E-state index < -0.39 is 17.0 Å². The van der Waals surface area contributed by atoms with E-state index in [0.29, 0.717) is 0 Å². The van der Waals surface area contributed by atoms with Crippen LogP contribution in [0.5, 0.6) is 0 Å². The zero-order valence-electron chi connectivity index (χ0n) is 14.0. The van der Waals surface area contributed by atoms with Crippen LogP contribution in [0.2, 0.25) is 0 Å². The van der Waals surface area contributed by atoms with Crippen molar-refractivity contribution in [1.82, 2.24) is 0 Å². The van der Waals surface area contributed by atoms with E-state index in [4.69, 9.17) is 18.6 Å². The molecular formula is C18H22Cl2N2Ti-2. The predicted octanol–water partition coefficient (Wildman–Crippen LogP) is 7.01. The van der Waals surface area contributed by atoms with Gasteiger partial charge in [0.2, 0.25) is 0 Å². The third kappa shape index (κ3) is 6.77. The number of hydrogen-bond donors (Lipinski definition) is 0. The number of benzene rings is 2. The number of halogens is 2. The fourth-order valence-corrected chi connectivity index (χ4v) is 2.43. The summed E-state index contributed by atoms with van der Waals surface area (Å²) in [6, 6.07) is 12.6. The molecule has 0 aliphatic heterocycles. The molecule has 2 nitrogen and oxygen atoms in total. The molecule has 0 bridgehead atoms. The number of hydrogen-bond acceptors (Lipinski definition) is 0. The average molecular weight is 385 g/mol. The molecule has 0 radical (unpaired) electrons. The van der Waals surface area contributed by atoms with Gasteiger partial charge in [0.25, 0.3) is 0 Å². The molecule has 0 aliphatic carbocycles. The molecule has 0 aromatic heterocycles. The first-order valence-electron chi connectivity index (χ1n) is 7.45. The molecule has 0 amide bonds. The molecule has 5 heteroatoms. The van der Waals surface area contributed by atoms with Crippen molar-refractivity contribution in [2.24, 2.45) is 0 Å². The van der Waals surface area contributed by atoms with Gasteiger partial charge in [-0.1, -0.05) is 58.7 Å². The summed E-state index contributed by atoms with van der Waals surface area (Å²) in [6.45, 7) is 9.89. The van der Waals surface area contributed by atoms with Crippen molar-refractivity contribution in [1.29, 1.82) is 0 Å². The first kappa shape index (κ1) is 20.4. The fraction of sp³-hybridized carbons (Fsp3) is 0.333. The number of para-hydroxylation sites is 2. The van der Waals surface area contributed by atoms with Crippen molar-refractivity contribution < 1.29 is 17.0 Å². The first-order chi connectivity index (χ1) is 11.0. The Kier molecular flexibility index (Phi) is 9.74. The SMILES string of the molecule is Cc1cccc(C)c1[N-]CC[N-]c1c(C)cccc1C.[Cl][Ti][Cl]. The van der Waals surface area contributed by atoms with Crippen molar-refractivity contribution in [3.8, 4) is 0 Å². The van der Waals surface area contributed by atoms with Gasteiger partial charge in [-0.3, -0.25) is 0 Å². The molecule has 0 atom stereocenters. The van der Waals surface area contributed by atoms with Gasteiger partial charge < -0.3 is 10.6 Å². The van der Waals surface area contributed by atoms with Gasteiger partial charge in [0, 0.05) is 0 Å². The average Bonchev–Trinajstić information content (AvgIpc) is 2.49. The molecule has 2 rings (SSSR count). The summed E-state index contributed by atoms with van der Waals surface area (Å²) in [5.74, 6) is 0. The third-order valence-electron chi connectivity index (χ3n) is 3.52. The minimum atomic E-state index is -0.556. The molecule has 0 heterocycles. The van der Waals surface area contributed by atoms with Crippen LogP contribution in [-0.2, 0) is 17.0 Å². The zero-order chi connectivity index (χ0) is 17.2. The van der Waals surface area contributed by atoms with E-state index in [1.807, 2.05) is 0 Å². The monoisotopic (exact) mass is 384 g/mol. The summed E-state index contributed by atoms with van der Waals surface area (Å²) < 4.78 is 0. The van der Waals surface area contributed by atoms with E-state index in [1.165, 1.54) is 22.3 Å². The molecule has 2 aromatic carbocycles. The van der Waals surface area contributed by atoms with Crippen molar-refractivity contribution >= 4 is 30.0 Å². The number of nitrogens with zero attached hydrogens (tertiary/aromatic N) is 2. The van der Waals surface area contributed by atoms with E-state index >= 15 is 0 Å². The number of rotatable bonds is 5. The van der Waals surface area contributed by atoms with Crippen LogP contribution >= 0.6 is 18.6 Å². The molecule has 2 aromatic rings. The van der Waals surface area contributed by atoms with Gasteiger partial charge in [-0.25, -0.2) is 0 Å². The van der Waals surface area contributed by atoms with E-state index in [9.17, 15) is 0 Å².